The van der Waals surface area contributed by atoms with E-state index in [1.54, 1.807) is 6.20 Å². The van der Waals surface area contributed by atoms with Crippen LogP contribution in [0.25, 0.3) is 0 Å². The van der Waals surface area contributed by atoms with Crippen LogP contribution in [-0.4, -0.2) is 48.1 Å². The Kier molecular flexibility index (Phi) is 4.02. The Bertz CT molecular complexity index is 691. The molecule has 0 aromatic carbocycles. The first-order valence-corrected chi connectivity index (χ1v) is 8.47. The number of rotatable bonds is 4. The van der Waals surface area contributed by atoms with Gasteiger partial charge in [0.1, 0.15) is 11.5 Å². The largest absolute Gasteiger partial charge is 0.367 e. The van der Waals surface area contributed by atoms with E-state index in [9.17, 15) is 4.79 Å². The predicted octanol–water partition coefficient (Wildman–Crippen LogP) is 1.70. The molecule has 0 bridgehead atoms. The molecule has 1 saturated heterocycles. The maximum atomic E-state index is 12.0. The summed E-state index contributed by atoms with van der Waals surface area (Å²) in [7, 11) is 0. The summed E-state index contributed by atoms with van der Waals surface area (Å²) < 4.78 is 0. The summed E-state index contributed by atoms with van der Waals surface area (Å²) in [6.07, 6.45) is 5.81. The second-order valence-electron chi connectivity index (χ2n) is 6.31. The van der Waals surface area contributed by atoms with Crippen molar-refractivity contribution in [1.82, 2.24) is 15.3 Å². The smallest absolute Gasteiger partial charge is 0.270 e. The molecule has 0 radical (unpaired) electrons. The van der Waals surface area contributed by atoms with Gasteiger partial charge in [-0.25, -0.2) is 9.97 Å². The van der Waals surface area contributed by atoms with Gasteiger partial charge < -0.3 is 15.1 Å². The Morgan fingerprint density at radius 3 is 2.42 bits per heavy atom. The van der Waals surface area contributed by atoms with Gasteiger partial charge in [-0.15, -0.1) is 0 Å². The zero-order valence-corrected chi connectivity index (χ0v) is 13.6. The molecule has 1 aliphatic heterocycles. The first-order valence-electron chi connectivity index (χ1n) is 8.47. The molecule has 3 heterocycles. The van der Waals surface area contributed by atoms with Crippen LogP contribution in [0, 0.1) is 0 Å². The molecule has 124 valence electrons. The minimum absolute atomic E-state index is 0.0657. The maximum absolute atomic E-state index is 12.0. The second-order valence-corrected chi connectivity index (χ2v) is 6.31. The Morgan fingerprint density at radius 1 is 1.00 bits per heavy atom. The third-order valence-corrected chi connectivity index (χ3v) is 4.51. The fourth-order valence-electron chi connectivity index (χ4n) is 2.93. The standard InChI is InChI=1S/C18H21N5O/c24-18(21-14-4-5-14)16-7-6-15(13-20-16)22-9-11-23(12-10-22)17-3-1-2-8-19-17/h1-3,6-8,13-14H,4-5,9-12H2,(H,21,24). The minimum atomic E-state index is -0.0657. The predicted molar refractivity (Wildman–Crippen MR) is 93.4 cm³/mol. The summed E-state index contributed by atoms with van der Waals surface area (Å²) in [5, 5.41) is 2.96. The second kappa shape index (κ2) is 6.47. The highest BCUT2D eigenvalue weighted by atomic mass is 16.2. The molecule has 0 spiro atoms. The Morgan fingerprint density at radius 2 is 1.79 bits per heavy atom. The van der Waals surface area contributed by atoms with E-state index in [0.717, 1.165) is 50.5 Å². The average molecular weight is 323 g/mol. The summed E-state index contributed by atoms with van der Waals surface area (Å²) in [5.74, 6) is 0.964. The van der Waals surface area contributed by atoms with Gasteiger partial charge in [-0.2, -0.15) is 0 Å². The van der Waals surface area contributed by atoms with Gasteiger partial charge in [-0.05, 0) is 37.1 Å². The maximum Gasteiger partial charge on any atom is 0.270 e. The molecular weight excluding hydrogens is 302 g/mol. The molecule has 0 atom stereocenters. The van der Waals surface area contributed by atoms with Crippen molar-refractivity contribution in [3.8, 4) is 0 Å². The normalized spacial score (nSPS) is 17.7. The van der Waals surface area contributed by atoms with Crippen molar-refractivity contribution >= 4 is 17.4 Å². The van der Waals surface area contributed by atoms with Crippen LogP contribution in [0.15, 0.2) is 42.7 Å². The van der Waals surface area contributed by atoms with Gasteiger partial charge in [-0.3, -0.25) is 4.79 Å². The lowest BCUT2D eigenvalue weighted by atomic mass is 10.2. The lowest BCUT2D eigenvalue weighted by Crippen LogP contribution is -2.46. The summed E-state index contributed by atoms with van der Waals surface area (Å²) in [4.78, 5) is 25.3. The lowest BCUT2D eigenvalue weighted by molar-refractivity contribution is 0.0946. The molecule has 1 amide bonds. The topological polar surface area (TPSA) is 61.4 Å². The molecule has 2 aliphatic rings. The molecule has 0 unspecified atom stereocenters. The number of carbonyl (C=O) groups excluding carboxylic acids is 1. The van der Waals surface area contributed by atoms with E-state index in [0.29, 0.717) is 11.7 Å². The van der Waals surface area contributed by atoms with Crippen LogP contribution in [0.5, 0.6) is 0 Å². The monoisotopic (exact) mass is 323 g/mol. The highest BCUT2D eigenvalue weighted by Crippen LogP contribution is 2.20. The zero-order valence-electron chi connectivity index (χ0n) is 13.6. The van der Waals surface area contributed by atoms with Crippen molar-refractivity contribution in [2.75, 3.05) is 36.0 Å². The third kappa shape index (κ3) is 3.32. The number of nitrogens with zero attached hydrogens (tertiary/aromatic N) is 4. The molecular formula is C18H21N5O. The number of hydrogen-bond donors (Lipinski definition) is 1. The SMILES string of the molecule is O=C(NC1CC1)c1ccc(N2CCN(c3ccccn3)CC2)cn1. The summed E-state index contributed by atoms with van der Waals surface area (Å²) in [6, 6.07) is 10.2. The molecule has 2 aromatic heterocycles. The minimum Gasteiger partial charge on any atom is -0.367 e. The number of nitrogens with one attached hydrogen (secondary N) is 1. The van der Waals surface area contributed by atoms with Crippen LogP contribution in [0.3, 0.4) is 0 Å². The number of aromatic nitrogens is 2. The van der Waals surface area contributed by atoms with Gasteiger partial charge in [-0.1, -0.05) is 6.07 Å². The van der Waals surface area contributed by atoms with Crippen LogP contribution in [0.4, 0.5) is 11.5 Å². The van der Waals surface area contributed by atoms with Crippen molar-refractivity contribution in [1.29, 1.82) is 0 Å². The van der Waals surface area contributed by atoms with E-state index in [2.05, 4.69) is 25.1 Å². The molecule has 6 nitrogen and oxygen atoms in total. The van der Waals surface area contributed by atoms with Crippen LogP contribution < -0.4 is 15.1 Å². The molecule has 2 aromatic rings. The number of anilines is 2. The summed E-state index contributed by atoms with van der Waals surface area (Å²) in [5.41, 5.74) is 1.57. The summed E-state index contributed by atoms with van der Waals surface area (Å²) >= 11 is 0. The third-order valence-electron chi connectivity index (χ3n) is 4.51. The molecule has 24 heavy (non-hydrogen) atoms. The fourth-order valence-corrected chi connectivity index (χ4v) is 2.93. The highest BCUT2D eigenvalue weighted by molar-refractivity contribution is 5.92. The van der Waals surface area contributed by atoms with Crippen molar-refractivity contribution in [3.63, 3.8) is 0 Å². The number of hydrogen-bond acceptors (Lipinski definition) is 5. The average Bonchev–Trinajstić information content (AvgIpc) is 3.47. The van der Waals surface area contributed by atoms with Crippen molar-refractivity contribution in [3.05, 3.63) is 48.4 Å². The first-order chi connectivity index (χ1) is 11.8. The lowest BCUT2D eigenvalue weighted by Gasteiger charge is -2.36. The van der Waals surface area contributed by atoms with Crippen LogP contribution in [0.1, 0.15) is 23.3 Å². The summed E-state index contributed by atoms with van der Waals surface area (Å²) in [6.45, 7) is 3.71. The Hall–Kier alpha value is -2.63. The van der Waals surface area contributed by atoms with E-state index >= 15 is 0 Å². The fraction of sp³-hybridized carbons (Fsp3) is 0.389. The molecule has 2 fully saturated rings. The van der Waals surface area contributed by atoms with Gasteiger partial charge in [0.2, 0.25) is 0 Å². The number of piperazine rings is 1. The van der Waals surface area contributed by atoms with E-state index in [1.807, 2.05) is 36.5 Å². The van der Waals surface area contributed by atoms with E-state index in [4.69, 9.17) is 0 Å². The Labute approximate surface area is 141 Å². The molecule has 6 heteroatoms. The molecule has 1 saturated carbocycles. The van der Waals surface area contributed by atoms with Gasteiger partial charge >= 0.3 is 0 Å². The van der Waals surface area contributed by atoms with Crippen LogP contribution in [0.2, 0.25) is 0 Å². The number of pyridine rings is 2. The van der Waals surface area contributed by atoms with Gasteiger partial charge in [0.15, 0.2) is 0 Å². The van der Waals surface area contributed by atoms with Crippen LogP contribution >= 0.6 is 0 Å². The molecule has 1 aliphatic carbocycles. The number of carbonyl (C=O) groups is 1. The number of amides is 1. The van der Waals surface area contributed by atoms with Crippen LogP contribution in [-0.2, 0) is 0 Å². The van der Waals surface area contributed by atoms with E-state index < -0.39 is 0 Å². The first kappa shape index (κ1) is 14.9. The quantitative estimate of drug-likeness (QED) is 0.928. The van der Waals surface area contributed by atoms with Crippen molar-refractivity contribution < 1.29 is 4.79 Å². The van der Waals surface area contributed by atoms with Crippen molar-refractivity contribution in [2.24, 2.45) is 0 Å². The molecule has 1 N–H and O–H groups in total. The highest BCUT2D eigenvalue weighted by Gasteiger charge is 2.24. The zero-order chi connectivity index (χ0) is 16.4. The van der Waals surface area contributed by atoms with Gasteiger partial charge in [0, 0.05) is 38.4 Å². The Balaban J connectivity index is 1.36. The van der Waals surface area contributed by atoms with Gasteiger partial charge in [0.05, 0.1) is 11.9 Å². The van der Waals surface area contributed by atoms with E-state index in [1.165, 1.54) is 0 Å². The van der Waals surface area contributed by atoms with Gasteiger partial charge in [0.25, 0.3) is 5.91 Å². The van der Waals surface area contributed by atoms with E-state index in [-0.39, 0.29) is 5.91 Å². The molecule has 4 rings (SSSR count). The van der Waals surface area contributed by atoms with Crippen molar-refractivity contribution in [2.45, 2.75) is 18.9 Å².